The van der Waals surface area contributed by atoms with Crippen LogP contribution in [-0.4, -0.2) is 0 Å². The molecule has 0 aliphatic heterocycles. The van der Waals surface area contributed by atoms with Crippen LogP contribution in [0.1, 0.15) is 11.1 Å². The highest BCUT2D eigenvalue weighted by molar-refractivity contribution is 9.10. The summed E-state index contributed by atoms with van der Waals surface area (Å²) in [5, 5.41) is 9.21. The Kier molecular flexibility index (Phi) is 3.10. The fraction of sp³-hybridized carbons (Fsp3) is 0.125. The van der Waals surface area contributed by atoms with Gasteiger partial charge in [-0.15, -0.1) is 0 Å². The van der Waals surface area contributed by atoms with Crippen LogP contribution in [0.2, 0.25) is 5.02 Å². The Morgan fingerprint density at radius 2 is 2.25 bits per heavy atom. The molecule has 0 unspecified atom stereocenters. The molecule has 1 rings (SSSR count). The van der Waals surface area contributed by atoms with Gasteiger partial charge < -0.3 is 5.73 Å². The molecule has 1 aromatic rings. The molecule has 0 saturated heterocycles. The summed E-state index contributed by atoms with van der Waals surface area (Å²) in [5.41, 5.74) is 6.79. The number of nitrogens with zero attached hydrogens (tertiary/aromatic N) is 1. The SMILES string of the molecule is N#Cc1cc(CN)cc(Cl)c1Br. The molecule has 0 radical (unpaired) electrons. The first-order valence-corrected chi connectivity index (χ1v) is 4.44. The van der Waals surface area contributed by atoms with Gasteiger partial charge in [0.2, 0.25) is 0 Å². The highest BCUT2D eigenvalue weighted by atomic mass is 79.9. The van der Waals surface area contributed by atoms with Crippen molar-refractivity contribution < 1.29 is 0 Å². The number of hydrogen-bond donors (Lipinski definition) is 1. The van der Waals surface area contributed by atoms with Crippen LogP contribution in [0.15, 0.2) is 16.6 Å². The summed E-state index contributed by atoms with van der Waals surface area (Å²) in [6.45, 7) is 0.391. The molecular formula is C8H6BrClN2. The third-order valence-electron chi connectivity index (χ3n) is 1.44. The summed E-state index contributed by atoms with van der Waals surface area (Å²) in [6.07, 6.45) is 0. The molecule has 1 aromatic carbocycles. The van der Waals surface area contributed by atoms with Gasteiger partial charge in [-0.2, -0.15) is 5.26 Å². The van der Waals surface area contributed by atoms with E-state index in [4.69, 9.17) is 22.6 Å². The molecule has 0 aliphatic carbocycles. The van der Waals surface area contributed by atoms with Gasteiger partial charge in [-0.25, -0.2) is 0 Å². The van der Waals surface area contributed by atoms with Crippen molar-refractivity contribution in [3.05, 3.63) is 32.8 Å². The summed E-state index contributed by atoms with van der Waals surface area (Å²) in [6, 6.07) is 5.48. The van der Waals surface area contributed by atoms with Gasteiger partial charge in [0.05, 0.1) is 15.1 Å². The lowest BCUT2D eigenvalue weighted by atomic mass is 10.1. The summed E-state index contributed by atoms with van der Waals surface area (Å²) in [5.74, 6) is 0. The highest BCUT2D eigenvalue weighted by Crippen LogP contribution is 2.27. The van der Waals surface area contributed by atoms with Gasteiger partial charge in [-0.05, 0) is 33.6 Å². The average Bonchev–Trinajstić information content (AvgIpc) is 2.09. The van der Waals surface area contributed by atoms with Gasteiger partial charge in [0.15, 0.2) is 0 Å². The second-order valence-corrected chi connectivity index (χ2v) is 3.46. The van der Waals surface area contributed by atoms with Crippen LogP contribution in [0.25, 0.3) is 0 Å². The molecule has 0 bridgehead atoms. The minimum Gasteiger partial charge on any atom is -0.326 e. The summed E-state index contributed by atoms with van der Waals surface area (Å²) >= 11 is 9.03. The normalized spacial score (nSPS) is 9.50. The van der Waals surface area contributed by atoms with E-state index in [-0.39, 0.29) is 0 Å². The first kappa shape index (κ1) is 9.53. The predicted octanol–water partition coefficient (Wildman–Crippen LogP) is 2.43. The zero-order valence-electron chi connectivity index (χ0n) is 6.14. The third-order valence-corrected chi connectivity index (χ3v) is 2.82. The molecule has 12 heavy (non-hydrogen) atoms. The Morgan fingerprint density at radius 3 is 2.75 bits per heavy atom. The van der Waals surface area contributed by atoms with Crippen molar-refractivity contribution >= 4 is 27.5 Å². The second-order valence-electron chi connectivity index (χ2n) is 2.26. The Labute approximate surface area is 84.1 Å². The maximum Gasteiger partial charge on any atom is 0.100 e. The van der Waals surface area contributed by atoms with Crippen molar-refractivity contribution in [2.45, 2.75) is 6.54 Å². The second kappa shape index (κ2) is 3.90. The maximum atomic E-state index is 8.68. The number of rotatable bonds is 1. The van der Waals surface area contributed by atoms with Gasteiger partial charge >= 0.3 is 0 Å². The molecule has 62 valence electrons. The lowest BCUT2D eigenvalue weighted by molar-refractivity contribution is 1.07. The van der Waals surface area contributed by atoms with Crippen LogP contribution in [-0.2, 0) is 6.54 Å². The van der Waals surface area contributed by atoms with Crippen LogP contribution >= 0.6 is 27.5 Å². The Balaban J connectivity index is 3.31. The van der Waals surface area contributed by atoms with E-state index < -0.39 is 0 Å². The van der Waals surface area contributed by atoms with E-state index in [1.807, 2.05) is 6.07 Å². The van der Waals surface area contributed by atoms with Crippen molar-refractivity contribution in [3.8, 4) is 6.07 Å². The van der Waals surface area contributed by atoms with E-state index >= 15 is 0 Å². The number of hydrogen-bond acceptors (Lipinski definition) is 2. The summed E-state index contributed by atoms with van der Waals surface area (Å²) < 4.78 is 0.629. The van der Waals surface area contributed by atoms with Crippen LogP contribution in [0.5, 0.6) is 0 Å². The van der Waals surface area contributed by atoms with E-state index in [1.165, 1.54) is 0 Å². The molecule has 0 atom stereocenters. The smallest absolute Gasteiger partial charge is 0.100 e. The van der Waals surface area contributed by atoms with Crippen molar-refractivity contribution in [2.24, 2.45) is 5.73 Å². The van der Waals surface area contributed by atoms with Gasteiger partial charge in [0.25, 0.3) is 0 Å². The van der Waals surface area contributed by atoms with Crippen LogP contribution in [0.3, 0.4) is 0 Å². The molecular weight excluding hydrogens is 239 g/mol. The van der Waals surface area contributed by atoms with E-state index in [0.717, 1.165) is 5.56 Å². The van der Waals surface area contributed by atoms with E-state index in [9.17, 15) is 0 Å². The van der Waals surface area contributed by atoms with Crippen LogP contribution in [0, 0.1) is 11.3 Å². The maximum absolute atomic E-state index is 8.68. The third kappa shape index (κ3) is 1.78. The van der Waals surface area contributed by atoms with Crippen molar-refractivity contribution in [1.82, 2.24) is 0 Å². The molecule has 0 saturated carbocycles. The standard InChI is InChI=1S/C8H6BrClN2/c9-8-6(4-12)1-5(3-11)2-7(8)10/h1-2H,3,11H2. The Morgan fingerprint density at radius 1 is 1.58 bits per heavy atom. The predicted molar refractivity (Wildman–Crippen MR) is 51.8 cm³/mol. The molecule has 2 nitrogen and oxygen atoms in total. The van der Waals surface area contributed by atoms with Gasteiger partial charge in [0, 0.05) is 6.54 Å². The Bertz CT molecular complexity index is 344. The molecule has 2 N–H and O–H groups in total. The van der Waals surface area contributed by atoms with Gasteiger partial charge in [0.1, 0.15) is 6.07 Å². The quantitative estimate of drug-likeness (QED) is 0.826. The molecule has 0 heterocycles. The highest BCUT2D eigenvalue weighted by Gasteiger charge is 2.05. The first-order chi connectivity index (χ1) is 5.69. The topological polar surface area (TPSA) is 49.8 Å². The van der Waals surface area contributed by atoms with Gasteiger partial charge in [-0.3, -0.25) is 0 Å². The molecule has 0 aromatic heterocycles. The zero-order valence-corrected chi connectivity index (χ0v) is 8.48. The van der Waals surface area contributed by atoms with Crippen molar-refractivity contribution in [2.75, 3.05) is 0 Å². The largest absolute Gasteiger partial charge is 0.326 e. The summed E-state index contributed by atoms with van der Waals surface area (Å²) in [4.78, 5) is 0. The van der Waals surface area contributed by atoms with Crippen LogP contribution < -0.4 is 5.73 Å². The van der Waals surface area contributed by atoms with Crippen LogP contribution in [0.4, 0.5) is 0 Å². The average molecular weight is 246 g/mol. The van der Waals surface area contributed by atoms with E-state index in [2.05, 4.69) is 15.9 Å². The van der Waals surface area contributed by atoms with Gasteiger partial charge in [-0.1, -0.05) is 11.6 Å². The van der Waals surface area contributed by atoms with Crippen molar-refractivity contribution in [1.29, 1.82) is 5.26 Å². The lowest BCUT2D eigenvalue weighted by Gasteiger charge is -2.01. The molecule has 0 aliphatic rings. The molecule has 0 fully saturated rings. The van der Waals surface area contributed by atoms with E-state index in [1.54, 1.807) is 12.1 Å². The molecule has 4 heteroatoms. The fourth-order valence-corrected chi connectivity index (χ4v) is 1.40. The number of nitrogens with two attached hydrogens (primary N) is 1. The molecule has 0 spiro atoms. The zero-order chi connectivity index (χ0) is 9.14. The minimum atomic E-state index is 0.391. The number of nitriles is 1. The lowest BCUT2D eigenvalue weighted by Crippen LogP contribution is -1.97. The van der Waals surface area contributed by atoms with Crippen molar-refractivity contribution in [3.63, 3.8) is 0 Å². The first-order valence-electron chi connectivity index (χ1n) is 3.27. The number of benzene rings is 1. The fourth-order valence-electron chi connectivity index (χ4n) is 0.844. The monoisotopic (exact) mass is 244 g/mol. The molecule has 0 amide bonds. The summed E-state index contributed by atoms with van der Waals surface area (Å²) in [7, 11) is 0. The van der Waals surface area contributed by atoms with E-state index in [0.29, 0.717) is 21.6 Å². The number of halogens is 2. The Hall–Kier alpha value is -0.560. The minimum absolute atomic E-state index is 0.391.